The van der Waals surface area contributed by atoms with E-state index in [-0.39, 0.29) is 17.7 Å². The van der Waals surface area contributed by atoms with Gasteiger partial charge in [0.1, 0.15) is 5.75 Å². The van der Waals surface area contributed by atoms with Gasteiger partial charge in [0.15, 0.2) is 0 Å². The molecule has 30 heavy (non-hydrogen) atoms. The SMILES string of the molecule is COc1ccc(-c2cc(C(=O)Nc3cc(NC(=O)C(C)C)ccc3C)sc2C)cc1. The molecule has 6 heteroatoms. The van der Waals surface area contributed by atoms with Crippen LogP contribution < -0.4 is 15.4 Å². The van der Waals surface area contributed by atoms with Crippen molar-refractivity contribution in [2.24, 2.45) is 5.92 Å². The molecule has 2 amide bonds. The molecule has 0 aliphatic rings. The molecule has 0 aliphatic heterocycles. The molecule has 1 aromatic heterocycles. The lowest BCUT2D eigenvalue weighted by atomic mass is 10.1. The number of thiophene rings is 1. The Labute approximate surface area is 181 Å². The number of carbonyl (C=O) groups excluding carboxylic acids is 2. The van der Waals surface area contributed by atoms with Crippen molar-refractivity contribution in [3.05, 3.63) is 63.8 Å². The summed E-state index contributed by atoms with van der Waals surface area (Å²) in [6.07, 6.45) is 0. The van der Waals surface area contributed by atoms with Crippen molar-refractivity contribution in [3.8, 4) is 16.9 Å². The van der Waals surface area contributed by atoms with Crippen molar-refractivity contribution >= 4 is 34.5 Å². The van der Waals surface area contributed by atoms with Gasteiger partial charge in [0, 0.05) is 22.2 Å². The smallest absolute Gasteiger partial charge is 0.265 e. The lowest BCUT2D eigenvalue weighted by Gasteiger charge is -2.12. The van der Waals surface area contributed by atoms with Gasteiger partial charge >= 0.3 is 0 Å². The summed E-state index contributed by atoms with van der Waals surface area (Å²) in [6, 6.07) is 15.2. The number of hydrogen-bond acceptors (Lipinski definition) is 4. The van der Waals surface area contributed by atoms with Crippen LogP contribution in [-0.4, -0.2) is 18.9 Å². The van der Waals surface area contributed by atoms with E-state index in [9.17, 15) is 9.59 Å². The van der Waals surface area contributed by atoms with Crippen molar-refractivity contribution in [2.45, 2.75) is 27.7 Å². The van der Waals surface area contributed by atoms with Crippen LogP contribution in [0, 0.1) is 19.8 Å². The molecule has 3 aromatic rings. The molecule has 3 rings (SSSR count). The van der Waals surface area contributed by atoms with E-state index in [1.807, 2.05) is 70.2 Å². The molecule has 0 bridgehead atoms. The van der Waals surface area contributed by atoms with E-state index in [0.29, 0.717) is 16.3 Å². The maximum Gasteiger partial charge on any atom is 0.265 e. The second-order valence-electron chi connectivity index (χ2n) is 7.44. The topological polar surface area (TPSA) is 67.4 Å². The van der Waals surface area contributed by atoms with E-state index in [0.717, 1.165) is 27.3 Å². The number of ether oxygens (including phenoxy) is 1. The summed E-state index contributed by atoms with van der Waals surface area (Å²) in [6.45, 7) is 7.61. The Morgan fingerprint density at radius 2 is 1.67 bits per heavy atom. The van der Waals surface area contributed by atoms with Gasteiger partial charge in [-0.25, -0.2) is 0 Å². The number of benzene rings is 2. The van der Waals surface area contributed by atoms with E-state index < -0.39 is 0 Å². The van der Waals surface area contributed by atoms with Gasteiger partial charge in [-0.05, 0) is 60.9 Å². The van der Waals surface area contributed by atoms with Crippen LogP contribution in [0.5, 0.6) is 5.75 Å². The summed E-state index contributed by atoms with van der Waals surface area (Å²) in [5.41, 5.74) is 4.34. The first-order chi connectivity index (χ1) is 14.3. The fraction of sp³-hybridized carbons (Fsp3) is 0.250. The third kappa shape index (κ3) is 4.89. The number of carbonyl (C=O) groups is 2. The normalized spacial score (nSPS) is 10.7. The maximum atomic E-state index is 12.9. The quantitative estimate of drug-likeness (QED) is 0.521. The van der Waals surface area contributed by atoms with Crippen molar-refractivity contribution in [2.75, 3.05) is 17.7 Å². The summed E-state index contributed by atoms with van der Waals surface area (Å²) in [7, 11) is 1.64. The fourth-order valence-corrected chi connectivity index (χ4v) is 3.89. The summed E-state index contributed by atoms with van der Waals surface area (Å²) < 4.78 is 5.22. The molecule has 0 atom stereocenters. The zero-order valence-corrected chi connectivity index (χ0v) is 18.6. The number of methoxy groups -OCH3 is 1. The Hall–Kier alpha value is -3.12. The molecule has 0 aliphatic carbocycles. The summed E-state index contributed by atoms with van der Waals surface area (Å²) in [5.74, 6) is 0.451. The molecule has 0 unspecified atom stereocenters. The Morgan fingerprint density at radius 3 is 2.30 bits per heavy atom. The minimum absolute atomic E-state index is 0.0610. The molecule has 2 N–H and O–H groups in total. The highest BCUT2D eigenvalue weighted by atomic mass is 32.1. The van der Waals surface area contributed by atoms with E-state index in [1.54, 1.807) is 13.2 Å². The van der Waals surface area contributed by atoms with E-state index >= 15 is 0 Å². The highest BCUT2D eigenvalue weighted by Gasteiger charge is 2.16. The number of hydrogen-bond donors (Lipinski definition) is 2. The summed E-state index contributed by atoms with van der Waals surface area (Å²) >= 11 is 1.46. The predicted molar refractivity (Wildman–Crippen MR) is 124 cm³/mol. The lowest BCUT2D eigenvalue weighted by molar-refractivity contribution is -0.118. The van der Waals surface area contributed by atoms with Gasteiger partial charge in [0.05, 0.1) is 12.0 Å². The number of nitrogens with one attached hydrogen (secondary N) is 2. The molecule has 0 radical (unpaired) electrons. The maximum absolute atomic E-state index is 12.9. The van der Waals surface area contributed by atoms with Crippen LogP contribution in [0.4, 0.5) is 11.4 Å². The molecule has 0 saturated heterocycles. The largest absolute Gasteiger partial charge is 0.497 e. The molecule has 5 nitrogen and oxygen atoms in total. The molecular weight excluding hydrogens is 396 g/mol. The van der Waals surface area contributed by atoms with Gasteiger partial charge in [-0.2, -0.15) is 0 Å². The van der Waals surface area contributed by atoms with E-state index in [4.69, 9.17) is 4.74 Å². The average molecular weight is 423 g/mol. The van der Waals surface area contributed by atoms with Gasteiger partial charge in [-0.15, -0.1) is 11.3 Å². The monoisotopic (exact) mass is 422 g/mol. The molecule has 2 aromatic carbocycles. The van der Waals surface area contributed by atoms with Gasteiger partial charge in [0.2, 0.25) is 5.91 Å². The molecular formula is C24H26N2O3S. The first kappa shape index (κ1) is 21.6. The van der Waals surface area contributed by atoms with Crippen molar-refractivity contribution in [1.29, 1.82) is 0 Å². The first-order valence-electron chi connectivity index (χ1n) is 9.76. The number of amides is 2. The highest BCUT2D eigenvalue weighted by molar-refractivity contribution is 7.14. The molecule has 1 heterocycles. The van der Waals surface area contributed by atoms with Crippen molar-refractivity contribution in [1.82, 2.24) is 0 Å². The van der Waals surface area contributed by atoms with Crippen LogP contribution in [0.1, 0.15) is 34.0 Å². The van der Waals surface area contributed by atoms with Crippen LogP contribution in [-0.2, 0) is 4.79 Å². The lowest BCUT2D eigenvalue weighted by Crippen LogP contribution is -2.18. The first-order valence-corrected chi connectivity index (χ1v) is 10.6. The standard InChI is InChI=1S/C24H26N2O3S/c1-14(2)23(27)25-18-9-6-15(3)21(12-18)26-24(28)22-13-20(16(4)30-22)17-7-10-19(29-5)11-8-17/h6-14H,1-5H3,(H,25,27)(H,26,28). The molecule has 0 spiro atoms. The van der Waals surface area contributed by atoms with Crippen LogP contribution in [0.25, 0.3) is 11.1 Å². The average Bonchev–Trinajstić information content (AvgIpc) is 3.12. The van der Waals surface area contributed by atoms with Crippen LogP contribution in [0.15, 0.2) is 48.5 Å². The van der Waals surface area contributed by atoms with Crippen LogP contribution in [0.3, 0.4) is 0 Å². The molecule has 156 valence electrons. The third-order valence-electron chi connectivity index (χ3n) is 4.82. The minimum Gasteiger partial charge on any atom is -0.497 e. The molecule has 0 saturated carbocycles. The van der Waals surface area contributed by atoms with E-state index in [2.05, 4.69) is 10.6 Å². The van der Waals surface area contributed by atoms with Gasteiger partial charge < -0.3 is 15.4 Å². The molecule has 0 fully saturated rings. The fourth-order valence-electron chi connectivity index (χ4n) is 2.96. The zero-order chi connectivity index (χ0) is 21.8. The second kappa shape index (κ2) is 9.13. The van der Waals surface area contributed by atoms with Crippen molar-refractivity contribution < 1.29 is 14.3 Å². The summed E-state index contributed by atoms with van der Waals surface area (Å²) in [5, 5.41) is 5.85. The minimum atomic E-state index is -0.168. The Balaban J connectivity index is 1.80. The Morgan fingerprint density at radius 1 is 0.967 bits per heavy atom. The zero-order valence-electron chi connectivity index (χ0n) is 17.8. The highest BCUT2D eigenvalue weighted by Crippen LogP contribution is 2.32. The predicted octanol–water partition coefficient (Wildman–Crippen LogP) is 5.89. The summed E-state index contributed by atoms with van der Waals surface area (Å²) in [4.78, 5) is 26.6. The van der Waals surface area contributed by atoms with Gasteiger partial charge in [-0.3, -0.25) is 9.59 Å². The van der Waals surface area contributed by atoms with Crippen molar-refractivity contribution in [3.63, 3.8) is 0 Å². The number of rotatable bonds is 6. The van der Waals surface area contributed by atoms with Gasteiger partial charge in [0.25, 0.3) is 5.91 Å². The van der Waals surface area contributed by atoms with Crippen LogP contribution >= 0.6 is 11.3 Å². The number of aryl methyl sites for hydroxylation is 2. The third-order valence-corrected chi connectivity index (χ3v) is 5.87. The van der Waals surface area contributed by atoms with E-state index in [1.165, 1.54) is 11.3 Å². The second-order valence-corrected chi connectivity index (χ2v) is 8.69. The number of anilines is 2. The van der Waals surface area contributed by atoms with Crippen LogP contribution in [0.2, 0.25) is 0 Å². The Bertz CT molecular complexity index is 1070. The Kier molecular flexibility index (Phi) is 6.57. The van der Waals surface area contributed by atoms with Gasteiger partial charge in [-0.1, -0.05) is 32.0 Å².